The molecule has 0 unspecified atom stereocenters. The van der Waals surface area contributed by atoms with E-state index >= 15 is 0 Å². The van der Waals surface area contributed by atoms with Crippen LogP contribution in [0, 0.1) is 6.92 Å². The Labute approximate surface area is 236 Å². The number of rotatable bonds is 8. The lowest BCUT2D eigenvalue weighted by Gasteiger charge is -2.27. The molecular weight excluding hydrogens is 536 g/mol. The van der Waals surface area contributed by atoms with Crippen LogP contribution in [0.1, 0.15) is 29.1 Å². The van der Waals surface area contributed by atoms with Crippen molar-refractivity contribution in [1.29, 1.82) is 0 Å². The number of carbonyl (C=O) groups is 1. The number of hydrogen-bond donors (Lipinski definition) is 2. The van der Waals surface area contributed by atoms with Crippen LogP contribution < -0.4 is 20.3 Å². The smallest absolute Gasteiger partial charge is 0.250 e. The minimum atomic E-state index is -0.378. The predicted octanol–water partition coefficient (Wildman–Crippen LogP) is 6.07. The van der Waals surface area contributed by atoms with Gasteiger partial charge in [-0.15, -0.1) is 0 Å². The Hall–Kier alpha value is -3.92. The highest BCUT2D eigenvalue weighted by atomic mass is 35.5. The zero-order chi connectivity index (χ0) is 27.5. The summed E-state index contributed by atoms with van der Waals surface area (Å²) in [6.45, 7) is 1.93. The average Bonchev–Trinajstić information content (AvgIpc) is 3.55. The van der Waals surface area contributed by atoms with Gasteiger partial charge in [-0.3, -0.25) is 9.78 Å². The standard InChI is InChI=1S/C29H27ClN4O4S/c1-17-7-8-18(30)14-20(17)23-11-12-25(38-23)28-27(21-6-4-5-13-31-21)33-29(39)34(28)19-9-10-24(37-3)22(15-19)32-26(35)16-36-2/h4-15,27-28H,16H2,1-3H3,(H,32,35)(H,33,39)/t27-,28-/m1/s1. The normalized spacial score (nSPS) is 16.7. The van der Waals surface area contributed by atoms with E-state index in [1.54, 1.807) is 19.4 Å². The molecule has 0 radical (unpaired) electrons. The molecule has 1 fully saturated rings. The summed E-state index contributed by atoms with van der Waals surface area (Å²) in [6, 6.07) is 20.2. The lowest BCUT2D eigenvalue weighted by atomic mass is 10.0. The lowest BCUT2D eigenvalue weighted by Crippen LogP contribution is -2.29. The number of methoxy groups -OCH3 is 2. The van der Waals surface area contributed by atoms with Crippen molar-refractivity contribution in [3.8, 4) is 17.1 Å². The fourth-order valence-corrected chi connectivity index (χ4v) is 5.22. The Bertz CT molecular complexity index is 1510. The van der Waals surface area contributed by atoms with Crippen LogP contribution in [0.25, 0.3) is 11.3 Å². The first-order valence-electron chi connectivity index (χ1n) is 12.2. The number of aromatic nitrogens is 1. The van der Waals surface area contributed by atoms with Crippen LogP contribution in [-0.2, 0) is 9.53 Å². The fraction of sp³-hybridized carbons (Fsp3) is 0.207. The maximum absolute atomic E-state index is 12.3. The number of pyridine rings is 1. The number of nitrogens with zero attached hydrogens (tertiary/aromatic N) is 2. The molecule has 2 N–H and O–H groups in total. The molecule has 2 atom stereocenters. The second-order valence-corrected chi connectivity index (χ2v) is 9.85. The van der Waals surface area contributed by atoms with Gasteiger partial charge in [0.1, 0.15) is 29.9 Å². The molecule has 0 saturated carbocycles. The number of aryl methyl sites for hydroxylation is 1. The van der Waals surface area contributed by atoms with Crippen LogP contribution in [0.4, 0.5) is 11.4 Å². The van der Waals surface area contributed by atoms with Crippen molar-refractivity contribution < 1.29 is 18.7 Å². The first-order valence-corrected chi connectivity index (χ1v) is 13.0. The topological polar surface area (TPSA) is 88.9 Å². The number of carbonyl (C=O) groups excluding carboxylic acids is 1. The molecule has 0 spiro atoms. The van der Waals surface area contributed by atoms with Gasteiger partial charge in [0, 0.05) is 29.6 Å². The van der Waals surface area contributed by atoms with Gasteiger partial charge < -0.3 is 29.4 Å². The van der Waals surface area contributed by atoms with E-state index in [1.165, 1.54) is 7.11 Å². The van der Waals surface area contributed by atoms with E-state index in [9.17, 15) is 4.79 Å². The van der Waals surface area contributed by atoms with Gasteiger partial charge in [-0.25, -0.2) is 0 Å². The Morgan fingerprint density at radius 1 is 1.15 bits per heavy atom. The molecule has 1 aliphatic rings. The van der Waals surface area contributed by atoms with Crippen molar-refractivity contribution in [2.24, 2.45) is 0 Å². The highest BCUT2D eigenvalue weighted by Gasteiger charge is 2.43. The van der Waals surface area contributed by atoms with Gasteiger partial charge in [0.25, 0.3) is 0 Å². The van der Waals surface area contributed by atoms with Crippen LogP contribution in [0.3, 0.4) is 0 Å². The summed E-state index contributed by atoms with van der Waals surface area (Å²) in [5.74, 6) is 1.60. The van der Waals surface area contributed by atoms with E-state index in [-0.39, 0.29) is 24.6 Å². The van der Waals surface area contributed by atoms with Crippen molar-refractivity contribution in [2.75, 3.05) is 31.0 Å². The van der Waals surface area contributed by atoms with Crippen molar-refractivity contribution in [2.45, 2.75) is 19.0 Å². The van der Waals surface area contributed by atoms with Gasteiger partial charge in [0.2, 0.25) is 5.91 Å². The van der Waals surface area contributed by atoms with Gasteiger partial charge in [0.15, 0.2) is 5.11 Å². The molecular formula is C29H27ClN4O4S. The molecule has 0 bridgehead atoms. The Morgan fingerprint density at radius 2 is 2.00 bits per heavy atom. The third kappa shape index (κ3) is 5.47. The summed E-state index contributed by atoms with van der Waals surface area (Å²) in [6.07, 6.45) is 1.75. The molecule has 200 valence electrons. The first kappa shape index (κ1) is 26.7. The Balaban J connectivity index is 1.59. The number of nitrogens with one attached hydrogen (secondary N) is 2. The van der Waals surface area contributed by atoms with Gasteiger partial charge in [0.05, 0.1) is 24.5 Å². The highest BCUT2D eigenvalue weighted by Crippen LogP contribution is 2.44. The summed E-state index contributed by atoms with van der Waals surface area (Å²) in [4.78, 5) is 18.9. The molecule has 3 heterocycles. The number of benzene rings is 2. The molecule has 2 aromatic carbocycles. The summed E-state index contributed by atoms with van der Waals surface area (Å²) in [7, 11) is 3.01. The largest absolute Gasteiger partial charge is 0.495 e. The quantitative estimate of drug-likeness (QED) is 0.250. The van der Waals surface area contributed by atoms with E-state index in [1.807, 2.05) is 72.5 Å². The van der Waals surface area contributed by atoms with Crippen molar-refractivity contribution in [3.05, 3.63) is 95.0 Å². The summed E-state index contributed by atoms with van der Waals surface area (Å²) in [5.41, 5.74) is 4.00. The zero-order valence-corrected chi connectivity index (χ0v) is 23.2. The third-order valence-electron chi connectivity index (χ3n) is 6.49. The minimum absolute atomic E-state index is 0.0838. The molecule has 39 heavy (non-hydrogen) atoms. The molecule has 8 nitrogen and oxygen atoms in total. The molecule has 1 saturated heterocycles. The number of amides is 1. The van der Waals surface area contributed by atoms with Gasteiger partial charge in [-0.05, 0) is 79.3 Å². The minimum Gasteiger partial charge on any atom is -0.495 e. The lowest BCUT2D eigenvalue weighted by molar-refractivity contribution is -0.119. The highest BCUT2D eigenvalue weighted by molar-refractivity contribution is 7.80. The number of anilines is 2. The Morgan fingerprint density at radius 3 is 2.74 bits per heavy atom. The van der Waals surface area contributed by atoms with Crippen LogP contribution in [0.5, 0.6) is 5.75 Å². The van der Waals surface area contributed by atoms with Crippen molar-refractivity contribution >= 4 is 46.2 Å². The number of furan rings is 1. The predicted molar refractivity (Wildman–Crippen MR) is 155 cm³/mol. The second kappa shape index (κ2) is 11.4. The van der Waals surface area contributed by atoms with Crippen molar-refractivity contribution in [3.63, 3.8) is 0 Å². The van der Waals surface area contributed by atoms with E-state index in [0.717, 1.165) is 22.5 Å². The Kier molecular flexibility index (Phi) is 7.83. The molecule has 1 aliphatic heterocycles. The van der Waals surface area contributed by atoms with E-state index in [2.05, 4.69) is 15.6 Å². The molecule has 0 aliphatic carbocycles. The maximum atomic E-state index is 12.3. The number of thiocarbonyl (C=S) groups is 1. The molecule has 1 amide bonds. The summed E-state index contributed by atoms with van der Waals surface area (Å²) >= 11 is 12.1. The number of hydrogen-bond acceptors (Lipinski definition) is 6. The SMILES string of the molecule is COCC(=O)Nc1cc(N2C(=S)N[C@H](c3ccccn3)[C@H]2c2ccc(-c3cc(Cl)ccc3C)o2)ccc1OC. The summed E-state index contributed by atoms with van der Waals surface area (Å²) in [5, 5.41) is 7.39. The maximum Gasteiger partial charge on any atom is 0.250 e. The van der Waals surface area contributed by atoms with Gasteiger partial charge in [-0.2, -0.15) is 0 Å². The van der Waals surface area contributed by atoms with Crippen molar-refractivity contribution in [1.82, 2.24) is 10.3 Å². The van der Waals surface area contributed by atoms with E-state index in [4.69, 9.17) is 37.7 Å². The van der Waals surface area contributed by atoms with Gasteiger partial charge in [-0.1, -0.05) is 23.7 Å². The average molecular weight is 563 g/mol. The number of ether oxygens (including phenoxy) is 2. The zero-order valence-electron chi connectivity index (χ0n) is 21.6. The summed E-state index contributed by atoms with van der Waals surface area (Å²) < 4.78 is 16.9. The van der Waals surface area contributed by atoms with Crippen LogP contribution in [0.2, 0.25) is 5.02 Å². The van der Waals surface area contributed by atoms with Gasteiger partial charge >= 0.3 is 0 Å². The first-order chi connectivity index (χ1) is 18.9. The monoisotopic (exact) mass is 562 g/mol. The molecule has 5 rings (SSSR count). The fourth-order valence-electron chi connectivity index (χ4n) is 4.70. The molecule has 4 aromatic rings. The third-order valence-corrected chi connectivity index (χ3v) is 7.04. The number of halogens is 1. The van der Waals surface area contributed by atoms with E-state index < -0.39 is 0 Å². The van der Waals surface area contributed by atoms with Crippen LogP contribution >= 0.6 is 23.8 Å². The second-order valence-electron chi connectivity index (χ2n) is 9.02. The van der Waals surface area contributed by atoms with Crippen LogP contribution in [-0.4, -0.2) is 36.8 Å². The van der Waals surface area contributed by atoms with Crippen LogP contribution in [0.15, 0.2) is 77.3 Å². The van der Waals surface area contributed by atoms with E-state index in [0.29, 0.717) is 33.1 Å². The molecule has 2 aromatic heterocycles. The molecule has 10 heteroatoms.